The summed E-state index contributed by atoms with van der Waals surface area (Å²) in [6.07, 6.45) is 4.71. The number of ether oxygens (including phenoxy) is 2. The smallest absolute Gasteiger partial charge is 0.163 e. The fraction of sp³-hybridized carbons (Fsp3) is 0.533. The van der Waals surface area contributed by atoms with Crippen molar-refractivity contribution in [3.05, 3.63) is 16.7 Å². The minimum Gasteiger partial charge on any atom is -0.496 e. The number of nitrogens with zero attached hydrogens (tertiary/aromatic N) is 2. The fourth-order valence-electron chi connectivity index (χ4n) is 2.95. The predicted octanol–water partition coefficient (Wildman–Crippen LogP) is 3.78. The van der Waals surface area contributed by atoms with Crippen LogP contribution in [-0.2, 0) is 6.54 Å². The van der Waals surface area contributed by atoms with Gasteiger partial charge in [0, 0.05) is 31.1 Å². The Balaban J connectivity index is 2.14. The predicted molar refractivity (Wildman–Crippen MR) is 80.5 cm³/mol. The summed E-state index contributed by atoms with van der Waals surface area (Å²) in [6, 6.07) is 1.82. The van der Waals surface area contributed by atoms with Gasteiger partial charge in [0.25, 0.3) is 0 Å². The Kier molecular flexibility index (Phi) is 3.74. The second-order valence-corrected chi connectivity index (χ2v) is 5.59. The Bertz CT molecular complexity index is 557. The highest BCUT2D eigenvalue weighted by Crippen LogP contribution is 2.46. The highest BCUT2D eigenvalue weighted by molar-refractivity contribution is 6.32. The summed E-state index contributed by atoms with van der Waals surface area (Å²) in [5.41, 5.74) is 1.91. The van der Waals surface area contributed by atoms with Crippen LogP contribution in [0, 0.1) is 0 Å². The zero-order valence-electron chi connectivity index (χ0n) is 11.9. The molecule has 0 unspecified atom stereocenters. The number of amidine groups is 1. The summed E-state index contributed by atoms with van der Waals surface area (Å²) in [5, 5.41) is 0.550. The van der Waals surface area contributed by atoms with Crippen molar-refractivity contribution >= 4 is 23.1 Å². The third kappa shape index (κ3) is 2.22. The van der Waals surface area contributed by atoms with Crippen molar-refractivity contribution in [2.24, 2.45) is 4.99 Å². The molecule has 20 heavy (non-hydrogen) atoms. The van der Waals surface area contributed by atoms with E-state index >= 15 is 0 Å². The third-order valence-corrected chi connectivity index (χ3v) is 4.26. The quantitative estimate of drug-likeness (QED) is 0.832. The SMILES string of the molecule is COc1cc(Cl)c(OC)c2c1CN1CCCCCC1=N2. The lowest BCUT2D eigenvalue weighted by atomic mass is 10.1. The van der Waals surface area contributed by atoms with Gasteiger partial charge in [-0.2, -0.15) is 0 Å². The third-order valence-electron chi connectivity index (χ3n) is 3.98. The van der Waals surface area contributed by atoms with E-state index in [2.05, 4.69) is 4.90 Å². The molecule has 5 heteroatoms. The zero-order valence-corrected chi connectivity index (χ0v) is 12.7. The molecule has 3 rings (SSSR count). The van der Waals surface area contributed by atoms with Gasteiger partial charge in [-0.25, -0.2) is 4.99 Å². The van der Waals surface area contributed by atoms with Crippen molar-refractivity contribution in [2.45, 2.75) is 32.2 Å². The Morgan fingerprint density at radius 2 is 2.05 bits per heavy atom. The molecule has 2 aliphatic rings. The number of fused-ring (bicyclic) bond motifs is 2. The minimum absolute atomic E-state index is 0.550. The normalized spacial score (nSPS) is 17.8. The Hall–Kier alpha value is -1.42. The van der Waals surface area contributed by atoms with Crippen LogP contribution in [0.1, 0.15) is 31.2 Å². The van der Waals surface area contributed by atoms with E-state index in [1.165, 1.54) is 19.3 Å². The first-order valence-electron chi connectivity index (χ1n) is 7.00. The van der Waals surface area contributed by atoms with Gasteiger partial charge < -0.3 is 14.4 Å². The van der Waals surface area contributed by atoms with Gasteiger partial charge in [0.2, 0.25) is 0 Å². The van der Waals surface area contributed by atoms with Crippen LogP contribution in [0.2, 0.25) is 5.02 Å². The van der Waals surface area contributed by atoms with Crippen LogP contribution in [0.5, 0.6) is 11.5 Å². The van der Waals surface area contributed by atoms with Gasteiger partial charge in [0.15, 0.2) is 5.75 Å². The maximum Gasteiger partial charge on any atom is 0.163 e. The van der Waals surface area contributed by atoms with Crippen molar-refractivity contribution in [1.29, 1.82) is 0 Å². The summed E-state index contributed by atoms with van der Waals surface area (Å²) in [7, 11) is 3.30. The maximum absolute atomic E-state index is 6.26. The molecule has 108 valence electrons. The molecule has 1 saturated heterocycles. The van der Waals surface area contributed by atoms with Crippen molar-refractivity contribution in [2.75, 3.05) is 20.8 Å². The average molecular weight is 295 g/mol. The number of hydrogen-bond acceptors (Lipinski definition) is 4. The Morgan fingerprint density at radius 3 is 2.80 bits per heavy atom. The summed E-state index contributed by atoms with van der Waals surface area (Å²) in [6.45, 7) is 1.89. The van der Waals surface area contributed by atoms with E-state index < -0.39 is 0 Å². The molecule has 0 atom stereocenters. The average Bonchev–Trinajstić information content (AvgIpc) is 2.69. The summed E-state index contributed by atoms with van der Waals surface area (Å²) < 4.78 is 10.9. The molecule has 2 heterocycles. The second-order valence-electron chi connectivity index (χ2n) is 5.18. The second kappa shape index (κ2) is 5.52. The molecule has 4 nitrogen and oxygen atoms in total. The van der Waals surface area contributed by atoms with Gasteiger partial charge in [-0.05, 0) is 12.8 Å². The molecule has 0 spiro atoms. The number of aliphatic imine (C=N–C) groups is 1. The standard InChI is InChI=1S/C15H19ClN2O2/c1-19-12-8-11(16)15(20-2)14-10(12)9-18-7-5-3-4-6-13(18)17-14/h8H,3-7,9H2,1-2H3. The number of halogens is 1. The van der Waals surface area contributed by atoms with Crippen LogP contribution in [0.15, 0.2) is 11.1 Å². The van der Waals surface area contributed by atoms with E-state index in [-0.39, 0.29) is 0 Å². The van der Waals surface area contributed by atoms with Gasteiger partial charge in [-0.1, -0.05) is 18.0 Å². The lowest BCUT2D eigenvalue weighted by Gasteiger charge is -2.30. The van der Waals surface area contributed by atoms with Crippen molar-refractivity contribution in [3.63, 3.8) is 0 Å². The molecule has 1 aromatic carbocycles. The molecular formula is C15H19ClN2O2. The number of hydrogen-bond donors (Lipinski definition) is 0. The summed E-state index contributed by atoms with van der Waals surface area (Å²) in [4.78, 5) is 7.17. The molecular weight excluding hydrogens is 276 g/mol. The van der Waals surface area contributed by atoms with Crippen molar-refractivity contribution < 1.29 is 9.47 Å². The van der Waals surface area contributed by atoms with Crippen LogP contribution in [0.3, 0.4) is 0 Å². The van der Waals surface area contributed by atoms with E-state index in [0.717, 1.165) is 42.3 Å². The largest absolute Gasteiger partial charge is 0.496 e. The fourth-order valence-corrected chi connectivity index (χ4v) is 3.21. The zero-order chi connectivity index (χ0) is 14.1. The van der Waals surface area contributed by atoms with Crippen LogP contribution in [0.25, 0.3) is 0 Å². The van der Waals surface area contributed by atoms with Gasteiger partial charge in [0.05, 0.1) is 19.2 Å². The molecule has 1 aromatic rings. The number of benzene rings is 1. The molecule has 0 N–H and O–H groups in total. The van der Waals surface area contributed by atoms with Crippen LogP contribution in [0.4, 0.5) is 5.69 Å². The molecule has 0 radical (unpaired) electrons. The van der Waals surface area contributed by atoms with E-state index in [9.17, 15) is 0 Å². The minimum atomic E-state index is 0.550. The topological polar surface area (TPSA) is 34.1 Å². The first-order valence-corrected chi connectivity index (χ1v) is 7.38. The van der Waals surface area contributed by atoms with Gasteiger partial charge in [0.1, 0.15) is 17.3 Å². The highest BCUT2D eigenvalue weighted by atomic mass is 35.5. The maximum atomic E-state index is 6.26. The molecule has 0 bridgehead atoms. The monoisotopic (exact) mass is 294 g/mol. The first-order chi connectivity index (χ1) is 9.74. The first kappa shape index (κ1) is 13.6. The van der Waals surface area contributed by atoms with Crippen LogP contribution >= 0.6 is 11.6 Å². The van der Waals surface area contributed by atoms with E-state index in [4.69, 9.17) is 26.1 Å². The number of methoxy groups -OCH3 is 2. The van der Waals surface area contributed by atoms with E-state index in [1.54, 1.807) is 14.2 Å². The lowest BCUT2D eigenvalue weighted by Crippen LogP contribution is -2.32. The number of rotatable bonds is 2. The molecule has 0 saturated carbocycles. The summed E-state index contributed by atoms with van der Waals surface area (Å²) in [5.74, 6) is 2.59. The van der Waals surface area contributed by atoms with Gasteiger partial charge >= 0.3 is 0 Å². The summed E-state index contributed by atoms with van der Waals surface area (Å²) >= 11 is 6.26. The molecule has 0 aromatic heterocycles. The van der Waals surface area contributed by atoms with Crippen molar-refractivity contribution in [1.82, 2.24) is 4.90 Å². The van der Waals surface area contributed by atoms with Gasteiger partial charge in [-0.3, -0.25) is 0 Å². The molecule has 0 amide bonds. The van der Waals surface area contributed by atoms with E-state index in [1.807, 2.05) is 6.07 Å². The molecule has 1 fully saturated rings. The Labute approximate surface area is 124 Å². The highest BCUT2D eigenvalue weighted by Gasteiger charge is 2.27. The van der Waals surface area contributed by atoms with Crippen LogP contribution in [-0.4, -0.2) is 31.5 Å². The molecule has 0 aliphatic carbocycles. The van der Waals surface area contributed by atoms with Crippen molar-refractivity contribution in [3.8, 4) is 11.5 Å². The molecule has 2 aliphatic heterocycles. The lowest BCUT2D eigenvalue weighted by molar-refractivity contribution is 0.367. The van der Waals surface area contributed by atoms with Crippen LogP contribution < -0.4 is 9.47 Å². The van der Waals surface area contributed by atoms with E-state index in [0.29, 0.717) is 10.8 Å². The van der Waals surface area contributed by atoms with Gasteiger partial charge in [-0.15, -0.1) is 0 Å². The Morgan fingerprint density at radius 1 is 1.20 bits per heavy atom.